The van der Waals surface area contributed by atoms with E-state index in [0.717, 1.165) is 22.0 Å². The molecular weight excluding hydrogens is 352 g/mol. The van der Waals surface area contributed by atoms with Crippen LogP contribution in [0.3, 0.4) is 0 Å². The Morgan fingerprint density at radius 2 is 2.00 bits per heavy atom. The van der Waals surface area contributed by atoms with Crippen molar-refractivity contribution in [3.8, 4) is 5.75 Å². The van der Waals surface area contributed by atoms with E-state index in [2.05, 4.69) is 16.4 Å². The number of hydrogen-bond acceptors (Lipinski definition) is 5. The molecule has 4 nitrogen and oxygen atoms in total. The van der Waals surface area contributed by atoms with Crippen LogP contribution in [0.2, 0.25) is 0 Å². The van der Waals surface area contributed by atoms with Crippen LogP contribution in [0.15, 0.2) is 48.5 Å². The van der Waals surface area contributed by atoms with Crippen LogP contribution in [0.25, 0.3) is 10.2 Å². The van der Waals surface area contributed by atoms with Gasteiger partial charge in [0.1, 0.15) is 17.4 Å². The van der Waals surface area contributed by atoms with Crippen LogP contribution in [-0.2, 0) is 10.5 Å². The fraction of sp³-hybridized carbons (Fsp3) is 0.263. The molecule has 25 heavy (non-hydrogen) atoms. The zero-order chi connectivity index (χ0) is 17.5. The van der Waals surface area contributed by atoms with Crippen molar-refractivity contribution in [3.05, 3.63) is 59.1 Å². The molecule has 2 aromatic carbocycles. The topological polar surface area (TPSA) is 51.2 Å². The van der Waals surface area contributed by atoms with Crippen molar-refractivity contribution in [2.45, 2.75) is 12.7 Å². The number of nitrogens with zero attached hydrogens (tertiary/aromatic N) is 1. The molecular formula is C19H20N2O2S2. The Hall–Kier alpha value is -2.05. The Morgan fingerprint density at radius 1 is 1.20 bits per heavy atom. The van der Waals surface area contributed by atoms with E-state index in [1.54, 1.807) is 23.1 Å². The Kier molecular flexibility index (Phi) is 6.30. The quantitative estimate of drug-likeness (QED) is 0.607. The largest absolute Gasteiger partial charge is 0.492 e. The Bertz CT molecular complexity index is 798. The molecule has 0 bridgehead atoms. The minimum Gasteiger partial charge on any atom is -0.492 e. The fourth-order valence-corrected chi connectivity index (χ4v) is 4.13. The number of aromatic nitrogens is 1. The van der Waals surface area contributed by atoms with Crippen molar-refractivity contribution in [2.24, 2.45) is 0 Å². The van der Waals surface area contributed by atoms with Crippen molar-refractivity contribution in [1.29, 1.82) is 0 Å². The van der Waals surface area contributed by atoms with E-state index in [4.69, 9.17) is 4.74 Å². The van der Waals surface area contributed by atoms with Crippen molar-refractivity contribution in [1.82, 2.24) is 10.3 Å². The number of ether oxygens (including phenoxy) is 1. The van der Waals surface area contributed by atoms with Gasteiger partial charge in [0, 0.05) is 5.75 Å². The van der Waals surface area contributed by atoms with Gasteiger partial charge in [0.25, 0.3) is 0 Å². The number of amides is 1. The van der Waals surface area contributed by atoms with E-state index in [0.29, 0.717) is 18.9 Å². The van der Waals surface area contributed by atoms with Crippen LogP contribution in [0.5, 0.6) is 5.75 Å². The number of para-hydroxylation sites is 1. The number of benzene rings is 2. The number of rotatable bonds is 8. The molecule has 0 fully saturated rings. The zero-order valence-electron chi connectivity index (χ0n) is 14.0. The lowest BCUT2D eigenvalue weighted by Gasteiger charge is -2.07. The van der Waals surface area contributed by atoms with Gasteiger partial charge in [-0.05, 0) is 31.2 Å². The van der Waals surface area contributed by atoms with Crippen LogP contribution in [0, 0.1) is 6.92 Å². The fourth-order valence-electron chi connectivity index (χ4n) is 2.26. The van der Waals surface area contributed by atoms with Gasteiger partial charge >= 0.3 is 0 Å². The second-order valence-electron chi connectivity index (χ2n) is 5.58. The Balaban J connectivity index is 1.32. The predicted octanol–water partition coefficient (Wildman–Crippen LogP) is 4.03. The lowest BCUT2D eigenvalue weighted by molar-refractivity contribution is -0.118. The lowest BCUT2D eigenvalue weighted by Crippen LogP contribution is -2.29. The van der Waals surface area contributed by atoms with Gasteiger partial charge in [-0.15, -0.1) is 23.1 Å². The summed E-state index contributed by atoms with van der Waals surface area (Å²) in [5.74, 6) is 2.04. The Labute approximate surface area is 155 Å². The second kappa shape index (κ2) is 8.87. The first-order chi connectivity index (χ1) is 12.2. The maximum atomic E-state index is 11.9. The smallest absolute Gasteiger partial charge is 0.230 e. The van der Waals surface area contributed by atoms with E-state index in [1.165, 1.54) is 10.3 Å². The summed E-state index contributed by atoms with van der Waals surface area (Å²) in [6.45, 7) is 3.02. The number of carbonyl (C=O) groups excluding carboxylic acids is 1. The normalized spacial score (nSPS) is 10.8. The van der Waals surface area contributed by atoms with Crippen LogP contribution in [0.1, 0.15) is 10.6 Å². The van der Waals surface area contributed by atoms with Crippen molar-refractivity contribution in [2.75, 3.05) is 18.9 Å². The predicted molar refractivity (Wildman–Crippen MR) is 105 cm³/mol. The van der Waals surface area contributed by atoms with Crippen molar-refractivity contribution in [3.63, 3.8) is 0 Å². The first-order valence-corrected chi connectivity index (χ1v) is 10.1. The molecule has 6 heteroatoms. The van der Waals surface area contributed by atoms with Gasteiger partial charge in [0.15, 0.2) is 0 Å². The summed E-state index contributed by atoms with van der Waals surface area (Å²) >= 11 is 3.27. The van der Waals surface area contributed by atoms with E-state index < -0.39 is 0 Å². The molecule has 0 saturated carbocycles. The van der Waals surface area contributed by atoms with Gasteiger partial charge in [-0.25, -0.2) is 4.98 Å². The molecule has 3 aromatic rings. The number of thiazole rings is 1. The molecule has 0 saturated heterocycles. The highest BCUT2D eigenvalue weighted by atomic mass is 32.2. The average Bonchev–Trinajstić information content (AvgIpc) is 3.03. The number of aryl methyl sites for hydroxylation is 1. The molecule has 130 valence electrons. The van der Waals surface area contributed by atoms with E-state index in [-0.39, 0.29) is 5.91 Å². The van der Waals surface area contributed by atoms with Gasteiger partial charge in [-0.2, -0.15) is 0 Å². The minimum atomic E-state index is 0.0265. The van der Waals surface area contributed by atoms with Gasteiger partial charge < -0.3 is 10.1 Å². The minimum absolute atomic E-state index is 0.0265. The molecule has 0 spiro atoms. The first-order valence-electron chi connectivity index (χ1n) is 8.09. The third-order valence-corrected chi connectivity index (χ3v) is 5.67. The maximum absolute atomic E-state index is 11.9. The molecule has 0 aliphatic heterocycles. The van der Waals surface area contributed by atoms with Crippen LogP contribution >= 0.6 is 23.1 Å². The van der Waals surface area contributed by atoms with E-state index in [9.17, 15) is 4.79 Å². The molecule has 1 aromatic heterocycles. The van der Waals surface area contributed by atoms with E-state index >= 15 is 0 Å². The number of thioether (sulfide) groups is 1. The summed E-state index contributed by atoms with van der Waals surface area (Å²) in [4.78, 5) is 16.4. The monoisotopic (exact) mass is 372 g/mol. The SMILES string of the molecule is Cc1ccc(OCCNC(=O)CSCc2nc3ccccc3s2)cc1. The lowest BCUT2D eigenvalue weighted by atomic mass is 10.2. The van der Waals surface area contributed by atoms with Crippen LogP contribution in [-0.4, -0.2) is 29.8 Å². The molecule has 3 rings (SSSR count). The second-order valence-corrected chi connectivity index (χ2v) is 7.68. The molecule has 1 amide bonds. The number of carbonyl (C=O) groups is 1. The standard InChI is InChI=1S/C19H20N2O2S2/c1-14-6-8-15(9-7-14)23-11-10-20-18(22)12-24-13-19-21-16-4-2-3-5-17(16)25-19/h2-9H,10-13H2,1H3,(H,20,22). The molecule has 0 unspecified atom stereocenters. The molecule has 1 N–H and O–H groups in total. The number of hydrogen-bond donors (Lipinski definition) is 1. The van der Waals surface area contributed by atoms with Crippen LogP contribution < -0.4 is 10.1 Å². The van der Waals surface area contributed by atoms with Gasteiger partial charge in [-0.3, -0.25) is 4.79 Å². The van der Waals surface area contributed by atoms with Crippen molar-refractivity contribution >= 4 is 39.2 Å². The number of nitrogens with one attached hydrogen (secondary N) is 1. The summed E-state index contributed by atoms with van der Waals surface area (Å²) in [5, 5.41) is 3.93. The van der Waals surface area contributed by atoms with Gasteiger partial charge in [-0.1, -0.05) is 29.8 Å². The van der Waals surface area contributed by atoms with Gasteiger partial charge in [0.05, 0.1) is 22.5 Å². The zero-order valence-corrected chi connectivity index (χ0v) is 15.7. The third-order valence-electron chi connectivity index (χ3n) is 3.51. The highest BCUT2D eigenvalue weighted by Crippen LogP contribution is 2.24. The third kappa shape index (κ3) is 5.47. The molecule has 0 aliphatic carbocycles. The van der Waals surface area contributed by atoms with E-state index in [1.807, 2.05) is 49.4 Å². The Morgan fingerprint density at radius 3 is 2.80 bits per heavy atom. The summed E-state index contributed by atoms with van der Waals surface area (Å²) < 4.78 is 6.78. The molecule has 0 radical (unpaired) electrons. The summed E-state index contributed by atoms with van der Waals surface area (Å²) in [6.07, 6.45) is 0. The average molecular weight is 373 g/mol. The highest BCUT2D eigenvalue weighted by Gasteiger charge is 2.06. The molecule has 0 atom stereocenters. The molecule has 1 heterocycles. The summed E-state index contributed by atoms with van der Waals surface area (Å²) in [7, 11) is 0. The molecule has 0 aliphatic rings. The summed E-state index contributed by atoms with van der Waals surface area (Å²) in [6, 6.07) is 16.0. The highest BCUT2D eigenvalue weighted by molar-refractivity contribution is 7.99. The van der Waals surface area contributed by atoms with Gasteiger partial charge in [0.2, 0.25) is 5.91 Å². The van der Waals surface area contributed by atoms with Crippen molar-refractivity contribution < 1.29 is 9.53 Å². The first kappa shape index (κ1) is 17.8. The maximum Gasteiger partial charge on any atom is 0.230 e. The summed E-state index contributed by atoms with van der Waals surface area (Å²) in [5.41, 5.74) is 2.23. The number of fused-ring (bicyclic) bond motifs is 1. The van der Waals surface area contributed by atoms with Crippen LogP contribution in [0.4, 0.5) is 0 Å².